The molecule has 0 N–H and O–H groups in total. The van der Waals surface area contributed by atoms with E-state index in [1.165, 1.54) is 5.56 Å². The zero-order chi connectivity index (χ0) is 28.8. The molecule has 1 aliphatic heterocycles. The highest BCUT2D eigenvalue weighted by molar-refractivity contribution is 6.10. The number of rotatable bonds is 6. The molecular formula is C37H35NO3. The van der Waals surface area contributed by atoms with E-state index in [-0.39, 0.29) is 5.78 Å². The van der Waals surface area contributed by atoms with Crippen LogP contribution in [0.4, 0.5) is 5.69 Å². The summed E-state index contributed by atoms with van der Waals surface area (Å²) in [4.78, 5) is 17.2. The largest absolute Gasteiger partial charge is 0.497 e. The molecule has 206 valence electrons. The first kappa shape index (κ1) is 26.6. The summed E-state index contributed by atoms with van der Waals surface area (Å²) in [6.07, 6.45) is 4.55. The third-order valence-corrected chi connectivity index (χ3v) is 9.10. The maximum Gasteiger partial charge on any atom is 0.173 e. The zero-order valence-corrected chi connectivity index (χ0v) is 24.2. The summed E-state index contributed by atoms with van der Waals surface area (Å²) in [5.41, 5.74) is 6.15. The second-order valence-electron chi connectivity index (χ2n) is 11.3. The van der Waals surface area contributed by atoms with Crippen molar-refractivity contribution in [3.63, 3.8) is 0 Å². The quantitative estimate of drug-likeness (QED) is 0.233. The van der Waals surface area contributed by atoms with E-state index < -0.39 is 16.9 Å². The summed E-state index contributed by atoms with van der Waals surface area (Å²) in [6.45, 7) is 4.55. The van der Waals surface area contributed by atoms with Gasteiger partial charge in [-0.25, -0.2) is 0 Å². The summed E-state index contributed by atoms with van der Waals surface area (Å²) < 4.78 is 10.9. The molecule has 0 unspecified atom stereocenters. The van der Waals surface area contributed by atoms with Crippen LogP contribution < -0.4 is 14.4 Å². The maximum absolute atomic E-state index is 14.9. The Morgan fingerprint density at radius 3 is 1.93 bits per heavy atom. The van der Waals surface area contributed by atoms with Crippen LogP contribution in [0.25, 0.3) is 11.1 Å². The highest BCUT2D eigenvalue weighted by atomic mass is 16.5. The van der Waals surface area contributed by atoms with Crippen LogP contribution in [-0.4, -0.2) is 32.6 Å². The monoisotopic (exact) mass is 541 g/mol. The first-order chi connectivity index (χ1) is 19.8. The molecule has 0 amide bonds. The lowest BCUT2D eigenvalue weighted by Crippen LogP contribution is -2.61. The number of hydrogen-bond donors (Lipinski definition) is 0. The summed E-state index contributed by atoms with van der Waals surface area (Å²) in [5.74, 6) is 1.14. The molecule has 2 aliphatic rings. The van der Waals surface area contributed by atoms with Crippen LogP contribution in [0.5, 0.6) is 11.5 Å². The minimum absolute atomic E-state index is 0.0838. The van der Waals surface area contributed by atoms with Crippen molar-refractivity contribution < 1.29 is 14.3 Å². The van der Waals surface area contributed by atoms with Crippen molar-refractivity contribution >= 4 is 22.6 Å². The molecule has 0 saturated carbocycles. The molecule has 2 atom stereocenters. The van der Waals surface area contributed by atoms with E-state index in [2.05, 4.69) is 86.5 Å². The van der Waals surface area contributed by atoms with Gasteiger partial charge in [-0.3, -0.25) is 4.79 Å². The molecule has 4 aromatic carbocycles. The summed E-state index contributed by atoms with van der Waals surface area (Å²) in [5, 5.41) is 0. The third kappa shape index (κ3) is 4.09. The van der Waals surface area contributed by atoms with Crippen LogP contribution >= 0.6 is 0 Å². The fourth-order valence-electron chi connectivity index (χ4n) is 6.90. The molecule has 1 spiro atoms. The molecule has 0 saturated heterocycles. The van der Waals surface area contributed by atoms with Gasteiger partial charge in [0.2, 0.25) is 0 Å². The molecule has 1 aliphatic carbocycles. The zero-order valence-electron chi connectivity index (χ0n) is 24.2. The van der Waals surface area contributed by atoms with E-state index in [1.807, 2.05) is 54.6 Å². The predicted molar refractivity (Wildman–Crippen MR) is 167 cm³/mol. The van der Waals surface area contributed by atoms with Gasteiger partial charge in [0.25, 0.3) is 0 Å². The Kier molecular flexibility index (Phi) is 6.57. The average Bonchev–Trinajstić information content (AvgIpc) is 3.19. The van der Waals surface area contributed by atoms with Crippen molar-refractivity contribution in [3.05, 3.63) is 138 Å². The van der Waals surface area contributed by atoms with E-state index in [9.17, 15) is 4.79 Å². The van der Waals surface area contributed by atoms with E-state index in [0.717, 1.165) is 39.5 Å². The van der Waals surface area contributed by atoms with Crippen molar-refractivity contribution in [1.29, 1.82) is 0 Å². The van der Waals surface area contributed by atoms with Crippen molar-refractivity contribution in [2.24, 2.45) is 5.92 Å². The molecule has 4 aromatic rings. The van der Waals surface area contributed by atoms with Crippen LogP contribution in [0, 0.1) is 5.92 Å². The number of nitrogens with zero attached hydrogens (tertiary/aromatic N) is 1. The molecule has 41 heavy (non-hydrogen) atoms. The number of fused-ring (bicyclic) bond motifs is 1. The van der Waals surface area contributed by atoms with Crippen LogP contribution in [0.15, 0.2) is 115 Å². The first-order valence-corrected chi connectivity index (χ1v) is 14.0. The molecular weight excluding hydrogens is 506 g/mol. The van der Waals surface area contributed by atoms with Gasteiger partial charge in [0.05, 0.1) is 25.7 Å². The van der Waals surface area contributed by atoms with Crippen molar-refractivity contribution in [3.8, 4) is 11.5 Å². The Balaban J connectivity index is 1.65. The maximum atomic E-state index is 14.9. The number of para-hydroxylation sites is 1. The molecule has 0 fully saturated rings. The average molecular weight is 542 g/mol. The fourth-order valence-corrected chi connectivity index (χ4v) is 6.90. The van der Waals surface area contributed by atoms with Gasteiger partial charge in [-0.1, -0.05) is 74.5 Å². The van der Waals surface area contributed by atoms with E-state index in [1.54, 1.807) is 14.2 Å². The Morgan fingerprint density at radius 1 is 0.732 bits per heavy atom. The van der Waals surface area contributed by atoms with Crippen LogP contribution in [0.3, 0.4) is 0 Å². The van der Waals surface area contributed by atoms with Gasteiger partial charge < -0.3 is 14.4 Å². The second kappa shape index (κ2) is 10.1. The van der Waals surface area contributed by atoms with Crippen molar-refractivity contribution in [2.75, 3.05) is 26.2 Å². The molecule has 0 aromatic heterocycles. The molecule has 0 bridgehead atoms. The Hall–Kier alpha value is -4.57. The molecule has 4 nitrogen and oxygen atoms in total. The summed E-state index contributed by atoms with van der Waals surface area (Å²) in [7, 11) is 5.46. The highest BCUT2D eigenvalue weighted by Gasteiger charge is 2.62. The smallest absolute Gasteiger partial charge is 0.173 e. The number of anilines is 1. The number of hydrogen-bond acceptors (Lipinski definition) is 4. The summed E-state index contributed by atoms with van der Waals surface area (Å²) >= 11 is 0. The Labute approximate surface area is 242 Å². The van der Waals surface area contributed by atoms with Crippen LogP contribution in [0.1, 0.15) is 40.9 Å². The number of likely N-dealkylation sites (N-methyl/N-ethyl adjacent to an activating group) is 1. The van der Waals surface area contributed by atoms with Gasteiger partial charge in [-0.05, 0) is 82.5 Å². The van der Waals surface area contributed by atoms with Gasteiger partial charge in [-0.15, -0.1) is 0 Å². The van der Waals surface area contributed by atoms with Crippen LogP contribution in [-0.2, 0) is 5.41 Å². The first-order valence-electron chi connectivity index (χ1n) is 14.0. The molecule has 6 rings (SSSR count). The molecule has 1 heterocycles. The van der Waals surface area contributed by atoms with Crippen molar-refractivity contribution in [2.45, 2.75) is 24.8 Å². The van der Waals surface area contributed by atoms with Crippen LogP contribution in [0.2, 0.25) is 0 Å². The van der Waals surface area contributed by atoms with Gasteiger partial charge in [0, 0.05) is 23.7 Å². The van der Waals surface area contributed by atoms with E-state index >= 15 is 0 Å². The van der Waals surface area contributed by atoms with Gasteiger partial charge >= 0.3 is 0 Å². The topological polar surface area (TPSA) is 38.8 Å². The van der Waals surface area contributed by atoms with Gasteiger partial charge in [0.1, 0.15) is 11.5 Å². The second-order valence-corrected chi connectivity index (χ2v) is 11.3. The van der Waals surface area contributed by atoms with E-state index in [4.69, 9.17) is 9.47 Å². The predicted octanol–water partition coefficient (Wildman–Crippen LogP) is 7.85. The number of Topliss-reactive ketones (excluding diaryl/α,β-unsaturated/α-hetero) is 1. The number of ketones is 1. The number of benzene rings is 4. The lowest BCUT2D eigenvalue weighted by atomic mass is 9.57. The minimum Gasteiger partial charge on any atom is -0.497 e. The summed E-state index contributed by atoms with van der Waals surface area (Å²) in [6, 6.07) is 34.6. The Bertz CT molecular complexity index is 1650. The number of carbonyl (C=O) groups is 1. The lowest BCUT2D eigenvalue weighted by molar-refractivity contribution is 0.0885. The Morgan fingerprint density at radius 2 is 1.32 bits per heavy atom. The van der Waals surface area contributed by atoms with Crippen molar-refractivity contribution in [1.82, 2.24) is 0 Å². The number of ether oxygens (including phenoxy) is 2. The van der Waals surface area contributed by atoms with Gasteiger partial charge in [-0.2, -0.15) is 0 Å². The lowest BCUT2D eigenvalue weighted by Gasteiger charge is -2.52. The normalized spacial score (nSPS) is 20.7. The molecule has 0 radical (unpaired) electrons. The SMILES string of the molecule is COc1ccc(C(=O)[C@H]2C(c3ccccc3)=CC(c3ccc(OC)cc3)=C[C@@]23N(C)c2ccccc2C3(C)C)cc1. The third-order valence-electron chi connectivity index (χ3n) is 9.10. The number of carbonyl (C=O) groups excluding carboxylic acids is 1. The minimum atomic E-state index is -0.692. The van der Waals surface area contributed by atoms with E-state index in [0.29, 0.717) is 5.56 Å². The molecule has 4 heteroatoms. The standard InChI is InChI=1S/C37H35NO3/c1-36(2)32-13-9-10-14-33(32)38(3)37(36)24-28(25-15-19-29(40-4)20-16-25)23-31(26-11-7-6-8-12-26)34(37)35(39)27-17-21-30(41-5)22-18-27/h6-24,34H,1-5H3/t34-,37-/m1/s1. The number of allylic oxidation sites excluding steroid dienone is 2. The fraction of sp³-hybridized carbons (Fsp3) is 0.216. The highest BCUT2D eigenvalue weighted by Crippen LogP contribution is 2.60. The number of methoxy groups -OCH3 is 2. The van der Waals surface area contributed by atoms with Gasteiger partial charge in [0.15, 0.2) is 5.78 Å².